The first kappa shape index (κ1) is 14.7. The van der Waals surface area contributed by atoms with Gasteiger partial charge in [-0.25, -0.2) is 5.56 Å². The van der Waals surface area contributed by atoms with E-state index in [-0.39, 0.29) is 32.7 Å². The molecule has 0 aliphatic heterocycles. The third-order valence-corrected chi connectivity index (χ3v) is 2.19. The Kier molecular flexibility index (Phi) is 7.83. The Morgan fingerprint density at radius 2 is 2.20 bits per heavy atom. The van der Waals surface area contributed by atoms with E-state index in [1.807, 2.05) is 13.8 Å². The smallest absolute Gasteiger partial charge is 0.0661 e. The van der Waals surface area contributed by atoms with Gasteiger partial charge in [-0.3, -0.25) is 16.4 Å². The molecule has 1 radical (unpaired) electrons. The molecule has 79 valence electrons. The van der Waals surface area contributed by atoms with Crippen LogP contribution in [0.25, 0.3) is 11.3 Å². The average Bonchev–Trinajstić information content (AvgIpc) is 2.91. The van der Waals surface area contributed by atoms with Crippen molar-refractivity contribution in [3.8, 4) is 11.3 Å². The van der Waals surface area contributed by atoms with E-state index in [0.717, 1.165) is 16.1 Å². The summed E-state index contributed by atoms with van der Waals surface area (Å²) in [6.45, 7) is 4.00. The van der Waals surface area contributed by atoms with E-state index in [0.29, 0.717) is 0 Å². The van der Waals surface area contributed by atoms with Crippen molar-refractivity contribution in [2.24, 2.45) is 4.99 Å². The number of hydrogen-bond donors (Lipinski definition) is 2. The molecule has 0 fully saturated rings. The van der Waals surface area contributed by atoms with Crippen LogP contribution in [0.5, 0.6) is 0 Å². The van der Waals surface area contributed by atoms with Crippen LogP contribution in [0.3, 0.4) is 0 Å². The van der Waals surface area contributed by atoms with Gasteiger partial charge in [0.25, 0.3) is 0 Å². The first-order chi connectivity index (χ1) is 6.90. The Morgan fingerprint density at radius 1 is 1.47 bits per heavy atom. The zero-order valence-electron chi connectivity index (χ0n) is 8.96. The summed E-state index contributed by atoms with van der Waals surface area (Å²) < 4.78 is 0. The van der Waals surface area contributed by atoms with Crippen LogP contribution >= 0.6 is 11.3 Å². The summed E-state index contributed by atoms with van der Waals surface area (Å²) in [5.74, 6) is 0. The normalized spacial score (nSPS) is 10.2. The van der Waals surface area contributed by atoms with Crippen molar-refractivity contribution in [3.63, 3.8) is 0 Å². The van der Waals surface area contributed by atoms with E-state index in [1.54, 1.807) is 13.2 Å². The fourth-order valence-electron chi connectivity index (χ4n) is 0.830. The van der Waals surface area contributed by atoms with Crippen molar-refractivity contribution in [2.75, 3.05) is 7.05 Å². The molecule has 0 spiro atoms. The molecule has 2 rings (SSSR count). The zero-order valence-corrected chi connectivity index (χ0v) is 12.6. The summed E-state index contributed by atoms with van der Waals surface area (Å²) >= 11 is 1.44. The van der Waals surface area contributed by atoms with E-state index in [9.17, 15) is 0 Å². The van der Waals surface area contributed by atoms with Crippen LogP contribution in [0.1, 0.15) is 13.8 Å². The van der Waals surface area contributed by atoms with E-state index in [1.165, 1.54) is 11.3 Å². The SMILES string of the molecule is CC.CN=c1[nH]c(-c2[c-][nH]nc2)[c-]s1.[Y]. The van der Waals surface area contributed by atoms with E-state index < -0.39 is 0 Å². The minimum absolute atomic E-state index is 0. The minimum atomic E-state index is 0. The van der Waals surface area contributed by atoms with Crippen LogP contribution < -0.4 is 4.80 Å². The van der Waals surface area contributed by atoms with Crippen LogP contribution in [-0.4, -0.2) is 22.2 Å². The molecular weight excluding hydrogens is 285 g/mol. The molecule has 4 nitrogen and oxygen atoms in total. The molecule has 2 aromatic heterocycles. The molecule has 6 heteroatoms. The first-order valence-electron chi connectivity index (χ1n) is 4.35. The molecule has 15 heavy (non-hydrogen) atoms. The quantitative estimate of drug-likeness (QED) is 0.772. The van der Waals surface area contributed by atoms with E-state index in [2.05, 4.69) is 31.8 Å². The maximum Gasteiger partial charge on any atom is 0.0661 e. The topological polar surface area (TPSA) is 56.8 Å². The van der Waals surface area contributed by atoms with Crippen molar-refractivity contribution < 1.29 is 32.7 Å². The molecule has 0 atom stereocenters. The summed E-state index contributed by atoms with van der Waals surface area (Å²) in [6.07, 6.45) is 4.55. The molecule has 0 aliphatic carbocycles. The summed E-state index contributed by atoms with van der Waals surface area (Å²) in [4.78, 5) is 7.91. The number of aromatic amines is 2. The molecule has 0 saturated carbocycles. The van der Waals surface area contributed by atoms with Crippen LogP contribution in [-0.2, 0) is 32.7 Å². The number of nitrogens with zero attached hydrogens (tertiary/aromatic N) is 2. The predicted molar refractivity (Wildman–Crippen MR) is 56.8 cm³/mol. The fraction of sp³-hybridized carbons (Fsp3) is 0.333. The van der Waals surface area contributed by atoms with Gasteiger partial charge in [-0.05, 0) is 0 Å². The Balaban J connectivity index is 0.000000617. The molecule has 2 N–H and O–H groups in total. The number of aromatic nitrogens is 3. The molecule has 0 amide bonds. The van der Waals surface area contributed by atoms with Crippen LogP contribution in [0.15, 0.2) is 11.2 Å². The van der Waals surface area contributed by atoms with E-state index in [4.69, 9.17) is 0 Å². The van der Waals surface area contributed by atoms with Crippen LogP contribution in [0, 0.1) is 11.6 Å². The van der Waals surface area contributed by atoms with Gasteiger partial charge in [-0.15, -0.1) is 12.4 Å². The predicted octanol–water partition coefficient (Wildman–Crippen LogP) is 1.62. The number of thiazole rings is 1. The standard InChI is InChI=1S/C7H6N4S.C2H6.Y/c1-8-7-11-6(4-12-7)5-2-9-10-3-5;1-2;/h2H,1H3,(H,8,11)(H,9,10);1-2H3;/q-2;;. The Bertz CT molecular complexity index is 415. The summed E-state index contributed by atoms with van der Waals surface area (Å²) in [6, 6.07) is 0. The average molecular weight is 297 g/mol. The van der Waals surface area contributed by atoms with Gasteiger partial charge in [0.2, 0.25) is 0 Å². The minimum Gasteiger partial charge on any atom is -0.459 e. The molecule has 0 bridgehead atoms. The third kappa shape index (κ3) is 4.01. The van der Waals surface area contributed by atoms with Crippen molar-refractivity contribution in [3.05, 3.63) is 22.6 Å². The Labute approximate surface area is 118 Å². The van der Waals surface area contributed by atoms with Gasteiger partial charge in [-0.2, -0.15) is 11.1 Å². The van der Waals surface area contributed by atoms with Gasteiger partial charge in [-0.1, -0.05) is 13.8 Å². The van der Waals surface area contributed by atoms with Crippen LogP contribution in [0.4, 0.5) is 0 Å². The summed E-state index contributed by atoms with van der Waals surface area (Å²) in [7, 11) is 1.74. The largest absolute Gasteiger partial charge is 0.459 e. The molecule has 0 aromatic carbocycles. The van der Waals surface area contributed by atoms with Gasteiger partial charge in [0, 0.05) is 39.8 Å². The third-order valence-electron chi connectivity index (χ3n) is 1.40. The monoisotopic (exact) mass is 297 g/mol. The van der Waals surface area contributed by atoms with Crippen molar-refractivity contribution >= 4 is 11.3 Å². The van der Waals surface area contributed by atoms with E-state index >= 15 is 0 Å². The second-order valence-corrected chi connectivity index (χ2v) is 2.94. The summed E-state index contributed by atoms with van der Waals surface area (Å²) in [5.41, 5.74) is 1.75. The maximum atomic E-state index is 3.99. The van der Waals surface area contributed by atoms with Gasteiger partial charge < -0.3 is 15.1 Å². The number of rotatable bonds is 1. The first-order valence-corrected chi connectivity index (χ1v) is 5.17. The molecule has 2 aromatic rings. The molecule has 0 saturated heterocycles. The second-order valence-electron chi connectivity index (χ2n) is 2.14. The maximum absolute atomic E-state index is 3.99. The molecular formula is C9H12N4SY-2. The number of nitrogens with one attached hydrogen (secondary N) is 2. The molecule has 2 heterocycles. The second kappa shape index (κ2) is 7.96. The Hall–Kier alpha value is -0.256. The Morgan fingerprint density at radius 3 is 2.67 bits per heavy atom. The van der Waals surface area contributed by atoms with Crippen LogP contribution in [0.2, 0.25) is 0 Å². The molecule has 0 unspecified atom stereocenters. The number of hydrogen-bond acceptors (Lipinski definition) is 3. The van der Waals surface area contributed by atoms with Crippen molar-refractivity contribution in [1.29, 1.82) is 0 Å². The zero-order chi connectivity index (χ0) is 10.4. The van der Waals surface area contributed by atoms with Crippen molar-refractivity contribution in [1.82, 2.24) is 15.2 Å². The number of H-pyrrole nitrogens is 2. The van der Waals surface area contributed by atoms with Gasteiger partial charge in [0.15, 0.2) is 0 Å². The van der Waals surface area contributed by atoms with Gasteiger partial charge in [0.1, 0.15) is 0 Å². The van der Waals surface area contributed by atoms with Gasteiger partial charge in [0.05, 0.1) is 4.80 Å². The molecule has 0 aliphatic rings. The van der Waals surface area contributed by atoms with Gasteiger partial charge >= 0.3 is 0 Å². The summed E-state index contributed by atoms with van der Waals surface area (Å²) in [5, 5.41) is 9.46. The fourth-order valence-corrected chi connectivity index (χ4v) is 1.43. The van der Waals surface area contributed by atoms with Crippen molar-refractivity contribution in [2.45, 2.75) is 13.8 Å².